The Hall–Kier alpha value is -1.81. The van der Waals surface area contributed by atoms with Gasteiger partial charge >= 0.3 is 0 Å². The van der Waals surface area contributed by atoms with Crippen LogP contribution < -0.4 is 5.32 Å². The van der Waals surface area contributed by atoms with Crippen molar-refractivity contribution in [3.8, 4) is 0 Å². The summed E-state index contributed by atoms with van der Waals surface area (Å²) in [5, 5.41) is 3.35. The van der Waals surface area contributed by atoms with Gasteiger partial charge in [-0.25, -0.2) is 14.4 Å². The molecule has 4 heteroatoms. The van der Waals surface area contributed by atoms with E-state index in [9.17, 15) is 4.39 Å². The van der Waals surface area contributed by atoms with Gasteiger partial charge in [-0.2, -0.15) is 0 Å². The standard InChI is InChI=1S/C16H20FN3/c1-12(2)8-18-9-14-10-19-16(20-11-14)7-13-3-5-15(17)6-4-13/h3-6,10-12,18H,7-9H2,1-2H3. The lowest BCUT2D eigenvalue weighted by molar-refractivity contribution is 0.551. The summed E-state index contributed by atoms with van der Waals surface area (Å²) >= 11 is 0. The van der Waals surface area contributed by atoms with E-state index in [-0.39, 0.29) is 5.82 Å². The fourth-order valence-corrected chi connectivity index (χ4v) is 1.85. The van der Waals surface area contributed by atoms with Gasteiger partial charge < -0.3 is 5.32 Å². The number of nitrogens with zero attached hydrogens (tertiary/aromatic N) is 2. The molecule has 0 saturated carbocycles. The second-order valence-electron chi connectivity index (χ2n) is 5.34. The molecule has 0 aliphatic carbocycles. The quantitative estimate of drug-likeness (QED) is 0.879. The fourth-order valence-electron chi connectivity index (χ4n) is 1.85. The van der Waals surface area contributed by atoms with Crippen molar-refractivity contribution >= 4 is 0 Å². The zero-order valence-electron chi connectivity index (χ0n) is 11.9. The Balaban J connectivity index is 1.89. The predicted octanol–water partition coefficient (Wildman–Crippen LogP) is 2.95. The molecule has 0 aliphatic rings. The number of rotatable bonds is 6. The van der Waals surface area contributed by atoms with E-state index >= 15 is 0 Å². The summed E-state index contributed by atoms with van der Waals surface area (Å²) in [7, 11) is 0. The van der Waals surface area contributed by atoms with Gasteiger partial charge in [0.2, 0.25) is 0 Å². The molecular formula is C16H20FN3. The largest absolute Gasteiger partial charge is 0.312 e. The zero-order chi connectivity index (χ0) is 14.4. The molecule has 0 aliphatic heterocycles. The maximum absolute atomic E-state index is 12.8. The van der Waals surface area contributed by atoms with E-state index in [2.05, 4.69) is 29.1 Å². The summed E-state index contributed by atoms with van der Waals surface area (Å²) in [6, 6.07) is 6.44. The van der Waals surface area contributed by atoms with Crippen molar-refractivity contribution in [3.05, 3.63) is 59.4 Å². The lowest BCUT2D eigenvalue weighted by atomic mass is 10.1. The van der Waals surface area contributed by atoms with Crippen molar-refractivity contribution in [3.63, 3.8) is 0 Å². The van der Waals surface area contributed by atoms with E-state index in [4.69, 9.17) is 0 Å². The molecule has 0 amide bonds. The molecule has 3 nitrogen and oxygen atoms in total. The highest BCUT2D eigenvalue weighted by molar-refractivity contribution is 5.20. The monoisotopic (exact) mass is 273 g/mol. The average Bonchev–Trinajstić information content (AvgIpc) is 2.43. The van der Waals surface area contributed by atoms with Gasteiger partial charge in [-0.15, -0.1) is 0 Å². The first kappa shape index (κ1) is 14.6. The van der Waals surface area contributed by atoms with Gasteiger partial charge in [0.1, 0.15) is 11.6 Å². The first-order valence-corrected chi connectivity index (χ1v) is 6.88. The first-order chi connectivity index (χ1) is 9.63. The molecule has 0 radical (unpaired) electrons. The second kappa shape index (κ2) is 7.10. The van der Waals surface area contributed by atoms with Crippen LogP contribution in [0.1, 0.15) is 30.8 Å². The maximum Gasteiger partial charge on any atom is 0.132 e. The number of hydrogen-bond acceptors (Lipinski definition) is 3. The van der Waals surface area contributed by atoms with Gasteiger partial charge in [0, 0.05) is 30.9 Å². The summed E-state index contributed by atoms with van der Waals surface area (Å²) in [6.45, 7) is 6.12. The van der Waals surface area contributed by atoms with E-state index in [1.54, 1.807) is 12.1 Å². The molecule has 2 rings (SSSR count). The molecule has 1 aromatic carbocycles. The van der Waals surface area contributed by atoms with Crippen molar-refractivity contribution in [2.24, 2.45) is 5.92 Å². The molecule has 1 N–H and O–H groups in total. The van der Waals surface area contributed by atoms with E-state index < -0.39 is 0 Å². The Morgan fingerprint density at radius 2 is 1.70 bits per heavy atom. The third-order valence-electron chi connectivity index (χ3n) is 2.92. The topological polar surface area (TPSA) is 37.8 Å². The van der Waals surface area contributed by atoms with Crippen LogP contribution in [0.5, 0.6) is 0 Å². The fraction of sp³-hybridized carbons (Fsp3) is 0.375. The molecule has 0 bridgehead atoms. The molecule has 0 atom stereocenters. The van der Waals surface area contributed by atoms with Crippen molar-refractivity contribution in [2.45, 2.75) is 26.8 Å². The van der Waals surface area contributed by atoms with Crippen LogP contribution in [0.25, 0.3) is 0 Å². The summed E-state index contributed by atoms with van der Waals surface area (Å²) < 4.78 is 12.8. The highest BCUT2D eigenvalue weighted by atomic mass is 19.1. The lowest BCUT2D eigenvalue weighted by Crippen LogP contribution is -2.19. The molecule has 106 valence electrons. The van der Waals surface area contributed by atoms with Gasteiger partial charge in [-0.05, 0) is 30.2 Å². The Kier molecular flexibility index (Phi) is 5.18. The van der Waals surface area contributed by atoms with E-state index in [0.29, 0.717) is 12.3 Å². The van der Waals surface area contributed by atoms with Gasteiger partial charge in [0.15, 0.2) is 0 Å². The Labute approximate surface area is 119 Å². The summed E-state index contributed by atoms with van der Waals surface area (Å²) in [6.07, 6.45) is 4.32. The van der Waals surface area contributed by atoms with Gasteiger partial charge in [-0.3, -0.25) is 0 Å². The Bertz CT molecular complexity index is 520. The molecule has 1 aromatic heterocycles. The number of aromatic nitrogens is 2. The maximum atomic E-state index is 12.8. The van der Waals surface area contributed by atoms with Crippen LogP contribution in [0.3, 0.4) is 0 Å². The summed E-state index contributed by atoms with van der Waals surface area (Å²) in [5.74, 6) is 1.17. The molecule has 1 heterocycles. The van der Waals surface area contributed by atoms with Crippen LogP contribution >= 0.6 is 0 Å². The van der Waals surface area contributed by atoms with Crippen molar-refractivity contribution in [1.82, 2.24) is 15.3 Å². The SMILES string of the molecule is CC(C)CNCc1cnc(Cc2ccc(F)cc2)nc1. The smallest absolute Gasteiger partial charge is 0.132 e. The number of hydrogen-bond donors (Lipinski definition) is 1. The van der Waals surface area contributed by atoms with Crippen LogP contribution in [-0.2, 0) is 13.0 Å². The van der Waals surface area contributed by atoms with Crippen molar-refractivity contribution in [2.75, 3.05) is 6.54 Å². The van der Waals surface area contributed by atoms with Gasteiger partial charge in [0.05, 0.1) is 0 Å². The predicted molar refractivity (Wildman–Crippen MR) is 77.8 cm³/mol. The average molecular weight is 273 g/mol. The minimum atomic E-state index is -0.221. The van der Waals surface area contributed by atoms with E-state index in [1.807, 2.05) is 12.4 Å². The highest BCUT2D eigenvalue weighted by Gasteiger charge is 2.01. The molecule has 0 fully saturated rings. The van der Waals surface area contributed by atoms with E-state index in [0.717, 1.165) is 30.0 Å². The van der Waals surface area contributed by atoms with Crippen LogP contribution in [0.15, 0.2) is 36.7 Å². The second-order valence-corrected chi connectivity index (χ2v) is 5.34. The minimum Gasteiger partial charge on any atom is -0.312 e. The van der Waals surface area contributed by atoms with E-state index in [1.165, 1.54) is 12.1 Å². The third-order valence-corrected chi connectivity index (χ3v) is 2.92. The highest BCUT2D eigenvalue weighted by Crippen LogP contribution is 2.07. The first-order valence-electron chi connectivity index (χ1n) is 6.88. The number of nitrogens with one attached hydrogen (secondary N) is 1. The van der Waals surface area contributed by atoms with Gasteiger partial charge in [0.25, 0.3) is 0 Å². The lowest BCUT2D eigenvalue weighted by Gasteiger charge is -2.07. The Morgan fingerprint density at radius 3 is 2.30 bits per heavy atom. The Morgan fingerprint density at radius 1 is 1.05 bits per heavy atom. The number of halogens is 1. The van der Waals surface area contributed by atoms with Crippen molar-refractivity contribution in [1.29, 1.82) is 0 Å². The molecule has 2 aromatic rings. The van der Waals surface area contributed by atoms with Crippen LogP contribution in [0, 0.1) is 11.7 Å². The zero-order valence-corrected chi connectivity index (χ0v) is 11.9. The summed E-state index contributed by atoms with van der Waals surface area (Å²) in [5.41, 5.74) is 2.09. The number of benzene rings is 1. The molecule has 0 saturated heterocycles. The molecular weight excluding hydrogens is 253 g/mol. The third kappa shape index (κ3) is 4.70. The summed E-state index contributed by atoms with van der Waals surface area (Å²) in [4.78, 5) is 8.70. The van der Waals surface area contributed by atoms with Crippen molar-refractivity contribution < 1.29 is 4.39 Å². The van der Waals surface area contributed by atoms with Crippen LogP contribution in [0.2, 0.25) is 0 Å². The van der Waals surface area contributed by atoms with Crippen LogP contribution in [-0.4, -0.2) is 16.5 Å². The normalized spacial score (nSPS) is 11.0. The van der Waals surface area contributed by atoms with Gasteiger partial charge in [-0.1, -0.05) is 26.0 Å². The van der Waals surface area contributed by atoms with Crippen LogP contribution in [0.4, 0.5) is 4.39 Å². The molecule has 0 spiro atoms. The minimum absolute atomic E-state index is 0.221. The molecule has 20 heavy (non-hydrogen) atoms. The molecule has 0 unspecified atom stereocenters.